The molecule has 2 heterocycles. The zero-order valence-corrected chi connectivity index (χ0v) is 13.5. The van der Waals surface area contributed by atoms with Crippen molar-refractivity contribution in [2.24, 2.45) is 5.92 Å². The number of furan rings is 1. The number of nitrogens with one attached hydrogen (secondary N) is 1. The molecule has 1 fully saturated rings. The van der Waals surface area contributed by atoms with Crippen molar-refractivity contribution in [1.82, 2.24) is 4.90 Å². The van der Waals surface area contributed by atoms with Crippen LogP contribution in [0, 0.1) is 5.92 Å². The number of benzene rings is 1. The maximum atomic E-state index is 12.3. The second kappa shape index (κ2) is 7.11. The Morgan fingerprint density at radius 1 is 1.31 bits per heavy atom. The van der Waals surface area contributed by atoms with Gasteiger partial charge in [-0.3, -0.25) is 9.59 Å². The van der Waals surface area contributed by atoms with Gasteiger partial charge < -0.3 is 19.4 Å². The molecule has 2 aromatic rings. The van der Waals surface area contributed by atoms with Gasteiger partial charge in [-0.2, -0.15) is 0 Å². The van der Waals surface area contributed by atoms with Gasteiger partial charge in [-0.1, -0.05) is 6.07 Å². The molecule has 0 spiro atoms. The van der Waals surface area contributed by atoms with E-state index in [0.29, 0.717) is 5.76 Å². The molecule has 26 heavy (non-hydrogen) atoms. The van der Waals surface area contributed by atoms with Crippen molar-refractivity contribution in [3.8, 4) is 5.75 Å². The Morgan fingerprint density at radius 3 is 2.81 bits per heavy atom. The molecular formula is C17H15F3N2O4. The Labute approximate surface area is 146 Å². The smallest absolute Gasteiger partial charge is 0.467 e. The highest BCUT2D eigenvalue weighted by Gasteiger charge is 2.35. The molecule has 1 atom stereocenters. The van der Waals surface area contributed by atoms with Crippen LogP contribution in [0.15, 0.2) is 47.1 Å². The highest BCUT2D eigenvalue weighted by molar-refractivity contribution is 5.97. The monoisotopic (exact) mass is 368 g/mol. The number of likely N-dealkylation sites (tertiary alicyclic amines) is 1. The van der Waals surface area contributed by atoms with Crippen LogP contribution < -0.4 is 10.1 Å². The Morgan fingerprint density at radius 2 is 2.12 bits per heavy atom. The summed E-state index contributed by atoms with van der Waals surface area (Å²) in [4.78, 5) is 25.9. The van der Waals surface area contributed by atoms with Crippen LogP contribution in [0.25, 0.3) is 0 Å². The fourth-order valence-electron chi connectivity index (χ4n) is 2.71. The molecule has 1 saturated heterocycles. The molecule has 0 radical (unpaired) electrons. The number of hydrogen-bond acceptors (Lipinski definition) is 4. The zero-order valence-electron chi connectivity index (χ0n) is 13.5. The molecule has 1 aliphatic heterocycles. The van der Waals surface area contributed by atoms with Crippen molar-refractivity contribution in [3.63, 3.8) is 0 Å². The van der Waals surface area contributed by atoms with E-state index in [2.05, 4.69) is 10.1 Å². The molecule has 0 unspecified atom stereocenters. The third kappa shape index (κ3) is 4.56. The van der Waals surface area contributed by atoms with Crippen molar-refractivity contribution < 1.29 is 31.9 Å². The van der Waals surface area contributed by atoms with Crippen molar-refractivity contribution in [3.05, 3.63) is 48.4 Å². The summed E-state index contributed by atoms with van der Waals surface area (Å²) >= 11 is 0. The van der Waals surface area contributed by atoms with Gasteiger partial charge in [0.1, 0.15) is 11.5 Å². The summed E-state index contributed by atoms with van der Waals surface area (Å²) in [7, 11) is 0. The maximum absolute atomic E-state index is 12.3. The lowest BCUT2D eigenvalue weighted by Crippen LogP contribution is -2.27. The number of hydrogen-bond donors (Lipinski definition) is 1. The highest BCUT2D eigenvalue weighted by atomic mass is 19.4. The number of halogens is 3. The van der Waals surface area contributed by atoms with Crippen LogP contribution in [-0.2, 0) is 16.1 Å². The van der Waals surface area contributed by atoms with Crippen LogP contribution in [0.1, 0.15) is 12.2 Å². The quantitative estimate of drug-likeness (QED) is 0.880. The Kier molecular flexibility index (Phi) is 4.88. The van der Waals surface area contributed by atoms with Crippen molar-refractivity contribution in [1.29, 1.82) is 0 Å². The topological polar surface area (TPSA) is 71.8 Å². The third-order valence-corrected chi connectivity index (χ3v) is 3.85. The number of carbonyl (C=O) groups is 2. The minimum Gasteiger partial charge on any atom is -0.467 e. The molecule has 0 saturated carbocycles. The lowest BCUT2D eigenvalue weighted by molar-refractivity contribution is -0.274. The fourth-order valence-corrected chi connectivity index (χ4v) is 2.71. The van der Waals surface area contributed by atoms with Gasteiger partial charge >= 0.3 is 6.36 Å². The van der Waals surface area contributed by atoms with Crippen LogP contribution >= 0.6 is 0 Å². The lowest BCUT2D eigenvalue weighted by atomic mass is 10.1. The average Bonchev–Trinajstić information content (AvgIpc) is 3.17. The third-order valence-electron chi connectivity index (χ3n) is 3.85. The van der Waals surface area contributed by atoms with E-state index in [1.54, 1.807) is 12.1 Å². The van der Waals surface area contributed by atoms with E-state index in [9.17, 15) is 22.8 Å². The molecule has 9 heteroatoms. The van der Waals surface area contributed by atoms with E-state index >= 15 is 0 Å². The van der Waals surface area contributed by atoms with Gasteiger partial charge in [0, 0.05) is 24.7 Å². The van der Waals surface area contributed by atoms with E-state index in [-0.39, 0.29) is 31.1 Å². The van der Waals surface area contributed by atoms with Gasteiger partial charge in [-0.25, -0.2) is 0 Å². The molecule has 1 aliphatic rings. The first kappa shape index (κ1) is 17.8. The van der Waals surface area contributed by atoms with Gasteiger partial charge in [0.25, 0.3) is 0 Å². The first-order chi connectivity index (χ1) is 12.3. The summed E-state index contributed by atoms with van der Waals surface area (Å²) in [6.07, 6.45) is -3.28. The van der Waals surface area contributed by atoms with Crippen LogP contribution in [0.2, 0.25) is 0 Å². The van der Waals surface area contributed by atoms with E-state index in [0.717, 1.165) is 12.1 Å². The standard InChI is InChI=1S/C17H15F3N2O4/c18-17(19,20)26-13-4-1-3-12(8-13)21-16(24)11-7-15(23)22(9-11)10-14-5-2-6-25-14/h1-6,8,11H,7,9-10H2,(H,21,24)/t11-/m1/s1. The summed E-state index contributed by atoms with van der Waals surface area (Å²) in [5.41, 5.74) is 0.161. The van der Waals surface area contributed by atoms with Gasteiger partial charge in [0.05, 0.1) is 18.7 Å². The summed E-state index contributed by atoms with van der Waals surface area (Å²) in [5.74, 6) is -1.04. The summed E-state index contributed by atoms with van der Waals surface area (Å²) in [5, 5.41) is 2.52. The van der Waals surface area contributed by atoms with Crippen LogP contribution in [0.4, 0.5) is 18.9 Å². The second-order valence-electron chi connectivity index (χ2n) is 5.82. The summed E-state index contributed by atoms with van der Waals surface area (Å²) in [6.45, 7) is 0.481. The van der Waals surface area contributed by atoms with E-state index in [1.165, 1.54) is 23.3 Å². The Balaban J connectivity index is 1.60. The second-order valence-corrected chi connectivity index (χ2v) is 5.82. The molecule has 138 valence electrons. The number of alkyl halides is 3. The van der Waals surface area contributed by atoms with Crippen molar-refractivity contribution >= 4 is 17.5 Å². The fraction of sp³-hybridized carbons (Fsp3) is 0.294. The van der Waals surface area contributed by atoms with E-state index in [1.807, 2.05) is 0 Å². The molecule has 2 amide bonds. The highest BCUT2D eigenvalue weighted by Crippen LogP contribution is 2.26. The Hall–Kier alpha value is -2.97. The maximum Gasteiger partial charge on any atom is 0.573 e. The molecule has 1 aromatic heterocycles. The molecule has 3 rings (SSSR count). The molecular weight excluding hydrogens is 353 g/mol. The Bertz CT molecular complexity index is 790. The van der Waals surface area contributed by atoms with Crippen molar-refractivity contribution in [2.75, 3.05) is 11.9 Å². The number of nitrogens with zero attached hydrogens (tertiary/aromatic N) is 1. The normalized spacial score (nSPS) is 17.4. The number of ether oxygens (including phenoxy) is 1. The lowest BCUT2D eigenvalue weighted by Gasteiger charge is -2.15. The predicted octanol–water partition coefficient (Wildman–Crippen LogP) is 3.17. The van der Waals surface area contributed by atoms with Crippen LogP contribution in [0.3, 0.4) is 0 Å². The SMILES string of the molecule is O=C(Nc1cccc(OC(F)(F)F)c1)[C@@H]1CC(=O)N(Cc2ccco2)C1. The number of amides is 2. The van der Waals surface area contributed by atoms with Crippen LogP contribution in [0.5, 0.6) is 5.75 Å². The zero-order chi connectivity index (χ0) is 18.7. The molecule has 0 bridgehead atoms. The van der Waals surface area contributed by atoms with Gasteiger partial charge in [-0.05, 0) is 24.3 Å². The minimum atomic E-state index is -4.81. The predicted molar refractivity (Wildman–Crippen MR) is 84.0 cm³/mol. The first-order valence-corrected chi connectivity index (χ1v) is 7.77. The van der Waals surface area contributed by atoms with Gasteiger partial charge in [0.2, 0.25) is 11.8 Å². The molecule has 1 aromatic carbocycles. The minimum absolute atomic E-state index is 0.0330. The number of anilines is 1. The van der Waals surface area contributed by atoms with Crippen molar-refractivity contribution in [2.45, 2.75) is 19.3 Å². The van der Waals surface area contributed by atoms with Crippen LogP contribution in [-0.4, -0.2) is 29.6 Å². The molecule has 0 aliphatic carbocycles. The number of carbonyl (C=O) groups excluding carboxylic acids is 2. The number of rotatable bonds is 5. The first-order valence-electron chi connectivity index (χ1n) is 7.77. The van der Waals surface area contributed by atoms with Gasteiger partial charge in [-0.15, -0.1) is 13.2 Å². The molecule has 1 N–H and O–H groups in total. The summed E-state index contributed by atoms with van der Waals surface area (Å²) < 4.78 is 45.8. The molecule has 6 nitrogen and oxygen atoms in total. The van der Waals surface area contributed by atoms with E-state index < -0.39 is 23.9 Å². The largest absolute Gasteiger partial charge is 0.573 e. The summed E-state index contributed by atoms with van der Waals surface area (Å²) in [6, 6.07) is 8.41. The average molecular weight is 368 g/mol. The van der Waals surface area contributed by atoms with E-state index in [4.69, 9.17) is 4.42 Å². The van der Waals surface area contributed by atoms with Gasteiger partial charge in [0.15, 0.2) is 0 Å².